The van der Waals surface area contributed by atoms with Crippen LogP contribution in [0.25, 0.3) is 10.9 Å². The first-order chi connectivity index (χ1) is 18.6. The largest absolute Gasteiger partial charge is 0.463 e. The monoisotopic (exact) mass is 605 g/mol. The lowest BCUT2D eigenvalue weighted by atomic mass is 10.1. The van der Waals surface area contributed by atoms with Gasteiger partial charge in [0.2, 0.25) is 0 Å². The normalized spacial score (nSPS) is 24.7. The molecule has 9 nitrogen and oxygen atoms in total. The molecule has 2 bridgehead atoms. The molecule has 0 radical (unpaired) electrons. The fourth-order valence-corrected chi connectivity index (χ4v) is 6.38. The lowest BCUT2D eigenvalue weighted by Gasteiger charge is -2.42. The Balaban J connectivity index is 1.25. The van der Waals surface area contributed by atoms with Crippen LogP contribution < -0.4 is 9.64 Å². The van der Waals surface area contributed by atoms with Crippen molar-refractivity contribution >= 4 is 38.7 Å². The lowest BCUT2D eigenvalue weighted by Crippen LogP contribution is -2.56. The third-order valence-corrected chi connectivity index (χ3v) is 8.84. The molecule has 1 aromatic carbocycles. The van der Waals surface area contributed by atoms with Gasteiger partial charge in [0, 0.05) is 55.6 Å². The highest BCUT2D eigenvalue weighted by Gasteiger charge is 2.46. The van der Waals surface area contributed by atoms with Crippen molar-refractivity contribution in [2.24, 2.45) is 5.41 Å². The van der Waals surface area contributed by atoms with Gasteiger partial charge < -0.3 is 24.0 Å². The molecule has 1 aliphatic carbocycles. The molecule has 1 amide bonds. The van der Waals surface area contributed by atoms with Gasteiger partial charge in [0.05, 0.1) is 24.3 Å². The first kappa shape index (κ1) is 27.0. The van der Waals surface area contributed by atoms with Gasteiger partial charge >= 0.3 is 12.1 Å². The van der Waals surface area contributed by atoms with Crippen LogP contribution in [0.3, 0.4) is 0 Å². The molecule has 2 atom stereocenters. The van der Waals surface area contributed by atoms with E-state index in [1.807, 2.05) is 26.8 Å². The van der Waals surface area contributed by atoms with Crippen molar-refractivity contribution in [3.05, 3.63) is 22.4 Å². The SMILES string of the molecule is CC(C)(C)OC(=O)N1CC2CCC(C1)N2c1nc(OCC2(CN3CCOCC3)CC2)nc2c(F)c(Br)ccc12. The molecule has 2 aromatic rings. The van der Waals surface area contributed by atoms with Crippen molar-refractivity contribution in [3.63, 3.8) is 0 Å². The molecule has 39 heavy (non-hydrogen) atoms. The van der Waals surface area contributed by atoms with Crippen LogP contribution in [-0.4, -0.2) is 96.1 Å². The van der Waals surface area contributed by atoms with E-state index in [1.54, 1.807) is 11.0 Å². The average Bonchev–Trinajstić information content (AvgIpc) is 3.61. The molecule has 212 valence electrons. The molecule has 4 fully saturated rings. The minimum Gasteiger partial charge on any atom is -0.463 e. The summed E-state index contributed by atoms with van der Waals surface area (Å²) in [5, 5.41) is 0.653. The van der Waals surface area contributed by atoms with E-state index < -0.39 is 11.4 Å². The molecule has 11 heteroatoms. The number of carbonyl (C=O) groups excluding carboxylic acids is 1. The van der Waals surface area contributed by atoms with Crippen molar-refractivity contribution in [2.75, 3.05) is 57.4 Å². The quantitative estimate of drug-likeness (QED) is 0.472. The fraction of sp³-hybridized carbons (Fsp3) is 0.679. The molecule has 3 saturated heterocycles. The number of amides is 1. The Hall–Kier alpha value is -2.24. The number of carbonyl (C=O) groups is 1. The summed E-state index contributed by atoms with van der Waals surface area (Å²) in [4.78, 5) is 28.7. The van der Waals surface area contributed by atoms with E-state index >= 15 is 4.39 Å². The fourth-order valence-electron chi connectivity index (χ4n) is 6.06. The van der Waals surface area contributed by atoms with Gasteiger partial charge in [-0.25, -0.2) is 9.18 Å². The molecular weight excluding hydrogens is 569 g/mol. The number of rotatable bonds is 6. The Morgan fingerprint density at radius 2 is 1.85 bits per heavy atom. The number of anilines is 1. The minimum absolute atomic E-state index is 0.0602. The Morgan fingerprint density at radius 3 is 2.49 bits per heavy atom. The molecule has 0 spiro atoms. The maximum atomic E-state index is 15.4. The summed E-state index contributed by atoms with van der Waals surface area (Å²) >= 11 is 3.32. The molecule has 4 aliphatic rings. The number of fused-ring (bicyclic) bond motifs is 3. The zero-order valence-corrected chi connectivity index (χ0v) is 24.5. The Labute approximate surface area is 237 Å². The van der Waals surface area contributed by atoms with Gasteiger partial charge in [-0.2, -0.15) is 9.97 Å². The van der Waals surface area contributed by atoms with Crippen LogP contribution in [-0.2, 0) is 9.47 Å². The van der Waals surface area contributed by atoms with Gasteiger partial charge in [0.15, 0.2) is 5.82 Å². The summed E-state index contributed by atoms with van der Waals surface area (Å²) in [5.74, 6) is 0.256. The van der Waals surface area contributed by atoms with E-state index in [0.29, 0.717) is 35.4 Å². The Morgan fingerprint density at radius 1 is 1.15 bits per heavy atom. The number of nitrogens with zero attached hydrogens (tertiary/aromatic N) is 5. The highest BCUT2D eigenvalue weighted by atomic mass is 79.9. The van der Waals surface area contributed by atoms with Crippen LogP contribution in [0, 0.1) is 11.2 Å². The summed E-state index contributed by atoms with van der Waals surface area (Å²) in [7, 11) is 0. The van der Waals surface area contributed by atoms with Gasteiger partial charge in [0.1, 0.15) is 16.9 Å². The predicted octanol–water partition coefficient (Wildman–Crippen LogP) is 4.61. The van der Waals surface area contributed by atoms with Crippen LogP contribution in [0.5, 0.6) is 6.01 Å². The maximum Gasteiger partial charge on any atom is 0.410 e. The zero-order chi connectivity index (χ0) is 27.4. The van der Waals surface area contributed by atoms with E-state index in [1.165, 1.54) is 0 Å². The van der Waals surface area contributed by atoms with E-state index in [4.69, 9.17) is 19.2 Å². The predicted molar refractivity (Wildman–Crippen MR) is 149 cm³/mol. The molecule has 4 heterocycles. The van der Waals surface area contributed by atoms with Gasteiger partial charge in [-0.15, -0.1) is 0 Å². The van der Waals surface area contributed by atoms with Gasteiger partial charge in [-0.1, -0.05) is 0 Å². The van der Waals surface area contributed by atoms with Gasteiger partial charge in [-0.3, -0.25) is 4.90 Å². The van der Waals surface area contributed by atoms with Crippen molar-refractivity contribution in [1.29, 1.82) is 0 Å². The molecular formula is C28H37BrFN5O4. The van der Waals surface area contributed by atoms with Crippen LogP contribution in [0.2, 0.25) is 0 Å². The Kier molecular flexibility index (Phi) is 7.12. The molecule has 0 N–H and O–H groups in total. The third-order valence-electron chi connectivity index (χ3n) is 8.22. The minimum atomic E-state index is -0.548. The highest BCUT2D eigenvalue weighted by Crippen LogP contribution is 2.47. The number of ether oxygens (including phenoxy) is 3. The molecule has 2 unspecified atom stereocenters. The average molecular weight is 607 g/mol. The molecule has 6 rings (SSSR count). The van der Waals surface area contributed by atoms with E-state index in [2.05, 4.69) is 30.7 Å². The topological polar surface area (TPSA) is 80.3 Å². The maximum absolute atomic E-state index is 15.4. The number of morpholine rings is 1. The second kappa shape index (κ2) is 10.3. The Bertz CT molecular complexity index is 1230. The number of hydrogen-bond acceptors (Lipinski definition) is 8. The summed E-state index contributed by atoms with van der Waals surface area (Å²) in [6.45, 7) is 11.6. The number of likely N-dealkylation sites (tertiary alicyclic amines) is 1. The first-order valence-corrected chi connectivity index (χ1v) is 14.8. The number of halogens is 2. The number of piperazine rings is 1. The summed E-state index contributed by atoms with van der Waals surface area (Å²) in [5.41, 5.74) is -0.214. The summed E-state index contributed by atoms with van der Waals surface area (Å²) < 4.78 is 33.1. The van der Waals surface area contributed by atoms with E-state index in [-0.39, 0.29) is 35.1 Å². The highest BCUT2D eigenvalue weighted by molar-refractivity contribution is 9.10. The third kappa shape index (κ3) is 5.67. The first-order valence-electron chi connectivity index (χ1n) is 14.0. The molecule has 3 aliphatic heterocycles. The van der Waals surface area contributed by atoms with Crippen molar-refractivity contribution in [3.8, 4) is 6.01 Å². The van der Waals surface area contributed by atoms with Crippen molar-refractivity contribution in [2.45, 2.75) is 64.1 Å². The van der Waals surface area contributed by atoms with Crippen molar-refractivity contribution in [1.82, 2.24) is 19.8 Å². The molecule has 1 saturated carbocycles. The van der Waals surface area contributed by atoms with Crippen LogP contribution >= 0.6 is 15.9 Å². The second-order valence-electron chi connectivity index (χ2n) is 12.4. The molecule has 1 aromatic heterocycles. The van der Waals surface area contributed by atoms with Gasteiger partial charge in [-0.05, 0) is 74.5 Å². The van der Waals surface area contributed by atoms with Gasteiger partial charge in [0.25, 0.3) is 0 Å². The van der Waals surface area contributed by atoms with Crippen LogP contribution in [0.4, 0.5) is 15.0 Å². The zero-order valence-electron chi connectivity index (χ0n) is 22.9. The summed E-state index contributed by atoms with van der Waals surface area (Å²) in [6, 6.07) is 3.89. The second-order valence-corrected chi connectivity index (χ2v) is 13.3. The van der Waals surface area contributed by atoms with E-state index in [0.717, 1.165) is 58.5 Å². The van der Waals surface area contributed by atoms with E-state index in [9.17, 15) is 4.79 Å². The number of benzene rings is 1. The van der Waals surface area contributed by atoms with Crippen molar-refractivity contribution < 1.29 is 23.4 Å². The summed E-state index contributed by atoms with van der Waals surface area (Å²) in [6.07, 6.45) is 3.75. The lowest BCUT2D eigenvalue weighted by molar-refractivity contribution is 0.0209. The number of hydrogen-bond donors (Lipinski definition) is 0. The van der Waals surface area contributed by atoms with Crippen LogP contribution in [0.15, 0.2) is 16.6 Å². The standard InChI is InChI=1S/C28H37BrFN5O4/c1-27(2,3)39-26(36)34-14-18-4-5-19(15-34)35(18)24-20-6-7-21(29)22(30)23(20)31-25(32-24)38-17-28(8-9-28)16-33-10-12-37-13-11-33/h6-7,18-19H,4-5,8-17H2,1-3H3. The smallest absolute Gasteiger partial charge is 0.410 e. The van der Waals surface area contributed by atoms with Crippen LogP contribution in [0.1, 0.15) is 46.5 Å². The number of aromatic nitrogens is 2.